The number of benzene rings is 2. The predicted octanol–water partition coefficient (Wildman–Crippen LogP) is 6.00. The van der Waals surface area contributed by atoms with Gasteiger partial charge in [-0.1, -0.05) is 23.8 Å². The van der Waals surface area contributed by atoms with E-state index in [1.54, 1.807) is 6.07 Å². The van der Waals surface area contributed by atoms with Crippen LogP contribution in [0.25, 0.3) is 22.6 Å². The minimum absolute atomic E-state index is 0.0328. The number of fused-ring (bicyclic) bond motifs is 1. The molecule has 4 rings (SSSR count). The zero-order chi connectivity index (χ0) is 22.8. The lowest BCUT2D eigenvalue weighted by atomic mass is 9.77. The van der Waals surface area contributed by atoms with Crippen molar-refractivity contribution in [1.29, 1.82) is 0 Å². The van der Waals surface area contributed by atoms with Crippen LogP contribution >= 0.6 is 23.8 Å². The molecule has 2 aromatic carbocycles. The highest BCUT2D eigenvalue weighted by Gasteiger charge is 2.64. The van der Waals surface area contributed by atoms with E-state index in [4.69, 9.17) is 33.0 Å². The Hall–Kier alpha value is -2.23. The van der Waals surface area contributed by atoms with Crippen LogP contribution in [-0.2, 0) is 10.3 Å². The van der Waals surface area contributed by atoms with Gasteiger partial charge in [-0.2, -0.15) is 0 Å². The van der Waals surface area contributed by atoms with Gasteiger partial charge in [0.25, 0.3) is 0 Å². The molecule has 1 atom stereocenters. The van der Waals surface area contributed by atoms with Crippen LogP contribution in [-0.4, -0.2) is 28.1 Å². The Morgan fingerprint density at radius 2 is 1.81 bits per heavy atom. The fourth-order valence-corrected chi connectivity index (χ4v) is 4.11. The van der Waals surface area contributed by atoms with Crippen molar-refractivity contribution in [2.45, 2.75) is 37.8 Å². The Morgan fingerprint density at radius 1 is 1.10 bits per heavy atom. The molecule has 1 aliphatic rings. The maximum atomic E-state index is 15.6. The lowest BCUT2D eigenvalue weighted by Gasteiger charge is -2.44. The molecular formula is C21H17ClF4N2O2S. The lowest BCUT2D eigenvalue weighted by Crippen LogP contribution is -2.62. The zero-order valence-electron chi connectivity index (χ0n) is 16.7. The van der Waals surface area contributed by atoms with Crippen LogP contribution in [0.5, 0.6) is 0 Å². The van der Waals surface area contributed by atoms with E-state index in [-0.39, 0.29) is 23.0 Å². The predicted molar refractivity (Wildman–Crippen MR) is 112 cm³/mol. The van der Waals surface area contributed by atoms with Crippen LogP contribution in [0, 0.1) is 11.6 Å². The van der Waals surface area contributed by atoms with Crippen LogP contribution in [0.15, 0.2) is 34.7 Å². The summed E-state index contributed by atoms with van der Waals surface area (Å²) in [5.74, 6) is -6.03. The fourth-order valence-electron chi connectivity index (χ4n) is 3.68. The van der Waals surface area contributed by atoms with E-state index in [9.17, 15) is 8.78 Å². The van der Waals surface area contributed by atoms with Crippen molar-refractivity contribution in [3.05, 3.63) is 52.6 Å². The number of hydrogen-bond donors (Lipinski definition) is 1. The van der Waals surface area contributed by atoms with E-state index in [0.29, 0.717) is 22.2 Å². The van der Waals surface area contributed by atoms with Gasteiger partial charge in [0.1, 0.15) is 33.3 Å². The van der Waals surface area contributed by atoms with Gasteiger partial charge in [-0.15, -0.1) is 0 Å². The van der Waals surface area contributed by atoms with Gasteiger partial charge >= 0.3 is 5.92 Å². The minimum atomic E-state index is -3.65. The molecule has 1 saturated heterocycles. The molecule has 1 fully saturated rings. The van der Waals surface area contributed by atoms with Gasteiger partial charge in [0.05, 0.1) is 12.2 Å². The van der Waals surface area contributed by atoms with E-state index in [1.165, 1.54) is 26.0 Å². The van der Waals surface area contributed by atoms with Crippen molar-refractivity contribution < 1.29 is 26.7 Å². The monoisotopic (exact) mass is 472 g/mol. The second kappa shape index (κ2) is 7.15. The molecule has 164 valence electrons. The molecule has 4 nitrogen and oxygen atoms in total. The quantitative estimate of drug-likeness (QED) is 0.366. The molecule has 31 heavy (non-hydrogen) atoms. The fraction of sp³-hybridized carbons (Fsp3) is 0.333. The standard InChI is InChI=1S/C21H17ClF4N2O2S/c1-19(2)21(25,26)20(3,28-17(31)9-29-19)12-7-11(13(23)8-14(12)24)18-27-15-6-10(22)4-5-16(15)30-18/h4-8H,9H2,1-3H3,(H,28,31). The van der Waals surface area contributed by atoms with Gasteiger partial charge in [0, 0.05) is 16.7 Å². The number of aromatic nitrogens is 1. The summed E-state index contributed by atoms with van der Waals surface area (Å²) in [5.41, 5.74) is -4.47. The normalized spacial score (nSPS) is 22.9. The van der Waals surface area contributed by atoms with Crippen molar-refractivity contribution in [2.75, 3.05) is 6.61 Å². The second-order valence-electron chi connectivity index (χ2n) is 7.99. The van der Waals surface area contributed by atoms with Crippen LogP contribution in [0.2, 0.25) is 5.02 Å². The van der Waals surface area contributed by atoms with Gasteiger partial charge in [-0.05, 0) is 45.0 Å². The van der Waals surface area contributed by atoms with E-state index in [2.05, 4.69) is 10.3 Å². The third kappa shape index (κ3) is 3.39. The number of thiocarbonyl (C=S) groups is 1. The van der Waals surface area contributed by atoms with Gasteiger partial charge in [-0.25, -0.2) is 22.5 Å². The van der Waals surface area contributed by atoms with Crippen molar-refractivity contribution in [3.8, 4) is 11.5 Å². The highest BCUT2D eigenvalue weighted by Crippen LogP contribution is 2.49. The highest BCUT2D eigenvalue weighted by molar-refractivity contribution is 7.80. The number of alkyl halides is 2. The molecule has 3 aromatic rings. The Bertz CT molecular complexity index is 1210. The number of halogens is 5. The van der Waals surface area contributed by atoms with Crippen molar-refractivity contribution in [3.63, 3.8) is 0 Å². The smallest absolute Gasteiger partial charge is 0.302 e. The molecule has 1 unspecified atom stereocenters. The summed E-state index contributed by atoms with van der Waals surface area (Å²) in [7, 11) is 0. The topological polar surface area (TPSA) is 47.3 Å². The number of nitrogens with one attached hydrogen (secondary N) is 1. The molecule has 0 amide bonds. The zero-order valence-corrected chi connectivity index (χ0v) is 18.2. The molecule has 0 aliphatic carbocycles. The first-order valence-corrected chi connectivity index (χ1v) is 10.0. The number of ether oxygens (including phenoxy) is 1. The molecular weight excluding hydrogens is 456 g/mol. The molecule has 1 N–H and O–H groups in total. The summed E-state index contributed by atoms with van der Waals surface area (Å²) in [5, 5.41) is 2.90. The van der Waals surface area contributed by atoms with Gasteiger partial charge in [0.15, 0.2) is 5.58 Å². The third-order valence-electron chi connectivity index (χ3n) is 5.51. The van der Waals surface area contributed by atoms with Crippen LogP contribution in [0.4, 0.5) is 17.6 Å². The van der Waals surface area contributed by atoms with Crippen molar-refractivity contribution >= 4 is 39.9 Å². The molecule has 1 aliphatic heterocycles. The first-order valence-electron chi connectivity index (χ1n) is 9.24. The Balaban J connectivity index is 1.93. The first-order chi connectivity index (χ1) is 14.4. The van der Waals surface area contributed by atoms with Crippen molar-refractivity contribution in [1.82, 2.24) is 10.3 Å². The molecule has 10 heteroatoms. The first kappa shape index (κ1) is 22.0. The molecule has 0 spiro atoms. The van der Waals surface area contributed by atoms with E-state index < -0.39 is 34.3 Å². The SMILES string of the molecule is CC1(C)OCC(=S)NC(C)(c2cc(-c3nc4cc(Cl)ccc4o3)c(F)cc2F)C1(F)F. The van der Waals surface area contributed by atoms with E-state index in [0.717, 1.165) is 13.0 Å². The molecule has 0 radical (unpaired) electrons. The molecule has 1 aromatic heterocycles. The molecule has 0 saturated carbocycles. The minimum Gasteiger partial charge on any atom is -0.436 e. The lowest BCUT2D eigenvalue weighted by molar-refractivity contribution is -0.216. The van der Waals surface area contributed by atoms with Crippen LogP contribution in [0.3, 0.4) is 0 Å². The summed E-state index contributed by atoms with van der Waals surface area (Å²) >= 11 is 11.0. The summed E-state index contributed by atoms with van der Waals surface area (Å²) in [4.78, 5) is 4.14. The van der Waals surface area contributed by atoms with Crippen LogP contribution < -0.4 is 5.32 Å². The number of nitrogens with zero attached hydrogens (tertiary/aromatic N) is 1. The van der Waals surface area contributed by atoms with Gasteiger partial charge in [0.2, 0.25) is 5.89 Å². The second-order valence-corrected chi connectivity index (χ2v) is 8.92. The largest absolute Gasteiger partial charge is 0.436 e. The third-order valence-corrected chi connectivity index (χ3v) is 5.97. The summed E-state index contributed by atoms with van der Waals surface area (Å²) in [6.07, 6.45) is 0. The maximum absolute atomic E-state index is 15.6. The highest BCUT2D eigenvalue weighted by atomic mass is 35.5. The Morgan fingerprint density at radius 3 is 2.52 bits per heavy atom. The number of rotatable bonds is 2. The van der Waals surface area contributed by atoms with E-state index >= 15 is 8.78 Å². The average Bonchev–Trinajstić information content (AvgIpc) is 3.06. The molecule has 2 heterocycles. The van der Waals surface area contributed by atoms with Gasteiger partial charge < -0.3 is 14.5 Å². The molecule has 0 bridgehead atoms. The summed E-state index contributed by atoms with van der Waals surface area (Å²) < 4.78 is 71.7. The van der Waals surface area contributed by atoms with Gasteiger partial charge in [-0.3, -0.25) is 0 Å². The summed E-state index contributed by atoms with van der Waals surface area (Å²) in [6.45, 7) is 3.21. The van der Waals surface area contributed by atoms with E-state index in [1.807, 2.05) is 0 Å². The van der Waals surface area contributed by atoms with Crippen LogP contribution in [0.1, 0.15) is 26.3 Å². The maximum Gasteiger partial charge on any atom is 0.302 e. The number of oxazole rings is 1. The van der Waals surface area contributed by atoms with Crippen molar-refractivity contribution in [2.24, 2.45) is 0 Å². The summed E-state index contributed by atoms with van der Waals surface area (Å²) in [6, 6.07) is 6.09. The number of hydrogen-bond acceptors (Lipinski definition) is 4. The Kier molecular flexibility index (Phi) is 5.07. The average molecular weight is 473 g/mol. The Labute approximate surface area is 185 Å².